The van der Waals surface area contributed by atoms with Gasteiger partial charge >= 0.3 is 0 Å². The molecule has 0 bridgehead atoms. The van der Waals surface area contributed by atoms with Gasteiger partial charge in [-0.3, -0.25) is 4.79 Å². The van der Waals surface area contributed by atoms with Crippen LogP contribution in [0.25, 0.3) is 22.6 Å². The lowest BCUT2D eigenvalue weighted by Crippen LogP contribution is -2.20. The van der Waals surface area contributed by atoms with Gasteiger partial charge in [-0.15, -0.1) is 0 Å². The summed E-state index contributed by atoms with van der Waals surface area (Å²) in [5, 5.41) is 2.95. The fourth-order valence-electron chi connectivity index (χ4n) is 3.96. The number of hydrogen-bond donors (Lipinski definition) is 1. The van der Waals surface area contributed by atoms with E-state index < -0.39 is 0 Å². The molecule has 4 aromatic rings. The maximum absolute atomic E-state index is 12.6. The smallest absolute Gasteiger partial charge is 0.262 e. The van der Waals surface area contributed by atoms with Crippen LogP contribution in [0.4, 0.5) is 5.69 Å². The molecule has 0 saturated heterocycles. The summed E-state index contributed by atoms with van der Waals surface area (Å²) in [6.07, 6.45) is 1.09. The normalized spacial score (nSPS) is 12.0. The molecule has 170 valence electrons. The summed E-state index contributed by atoms with van der Waals surface area (Å²) in [5.74, 6) is 1.52. The maximum atomic E-state index is 12.6. The van der Waals surface area contributed by atoms with Gasteiger partial charge in [-0.1, -0.05) is 38.1 Å². The van der Waals surface area contributed by atoms with E-state index in [4.69, 9.17) is 9.15 Å². The third kappa shape index (κ3) is 4.92. The van der Waals surface area contributed by atoms with Crippen LogP contribution in [0.15, 0.2) is 59.0 Å². The van der Waals surface area contributed by atoms with Gasteiger partial charge in [0.2, 0.25) is 5.89 Å². The molecule has 0 aliphatic carbocycles. The second kappa shape index (κ2) is 9.49. The Morgan fingerprint density at radius 3 is 2.58 bits per heavy atom. The van der Waals surface area contributed by atoms with E-state index in [9.17, 15) is 4.79 Å². The van der Waals surface area contributed by atoms with Gasteiger partial charge < -0.3 is 14.5 Å². The van der Waals surface area contributed by atoms with Gasteiger partial charge in [0.15, 0.2) is 12.2 Å². The summed E-state index contributed by atoms with van der Waals surface area (Å²) < 4.78 is 11.8. The van der Waals surface area contributed by atoms with E-state index in [1.165, 1.54) is 5.56 Å². The molecule has 1 atom stereocenters. The summed E-state index contributed by atoms with van der Waals surface area (Å²) in [7, 11) is 0. The van der Waals surface area contributed by atoms with Crippen molar-refractivity contribution in [2.45, 2.75) is 47.0 Å². The predicted molar refractivity (Wildman–Crippen MR) is 133 cm³/mol. The van der Waals surface area contributed by atoms with E-state index >= 15 is 0 Å². The Labute approximate surface area is 194 Å². The summed E-state index contributed by atoms with van der Waals surface area (Å²) in [4.78, 5) is 17.2. The monoisotopic (exact) mass is 442 g/mol. The maximum Gasteiger partial charge on any atom is 0.262 e. The molecule has 5 heteroatoms. The van der Waals surface area contributed by atoms with Crippen molar-refractivity contribution in [2.24, 2.45) is 0 Å². The highest BCUT2D eigenvalue weighted by molar-refractivity contribution is 5.93. The van der Waals surface area contributed by atoms with Crippen LogP contribution >= 0.6 is 0 Å². The van der Waals surface area contributed by atoms with E-state index in [1.54, 1.807) is 0 Å². The number of fused-ring (bicyclic) bond motifs is 1. The Balaban J connectivity index is 1.46. The second-order valence-corrected chi connectivity index (χ2v) is 8.64. The number of benzene rings is 3. The fourth-order valence-corrected chi connectivity index (χ4v) is 3.96. The summed E-state index contributed by atoms with van der Waals surface area (Å²) in [5.41, 5.74) is 7.55. The Hall–Kier alpha value is -3.60. The molecule has 1 aromatic heterocycles. The number of ether oxygens (including phenoxy) is 1. The molecular formula is C28H30N2O3. The lowest BCUT2D eigenvalue weighted by atomic mass is 9.99. The number of hydrogen-bond acceptors (Lipinski definition) is 4. The van der Waals surface area contributed by atoms with Crippen molar-refractivity contribution in [3.05, 3.63) is 76.9 Å². The highest BCUT2D eigenvalue weighted by Crippen LogP contribution is 2.32. The van der Waals surface area contributed by atoms with Crippen LogP contribution in [0.5, 0.6) is 5.75 Å². The van der Waals surface area contributed by atoms with Crippen LogP contribution < -0.4 is 10.1 Å². The van der Waals surface area contributed by atoms with Crippen molar-refractivity contribution in [2.75, 3.05) is 11.9 Å². The molecule has 0 radical (unpaired) electrons. The molecule has 1 amide bonds. The molecule has 0 aliphatic heterocycles. The third-order valence-electron chi connectivity index (χ3n) is 6.09. The topological polar surface area (TPSA) is 64.4 Å². The molecule has 4 rings (SSSR count). The molecule has 0 fully saturated rings. The molecule has 3 aromatic carbocycles. The molecule has 33 heavy (non-hydrogen) atoms. The van der Waals surface area contributed by atoms with E-state index in [1.807, 2.05) is 57.2 Å². The van der Waals surface area contributed by atoms with Crippen molar-refractivity contribution >= 4 is 22.7 Å². The molecule has 1 unspecified atom stereocenters. The first-order chi connectivity index (χ1) is 15.9. The number of carbonyl (C=O) groups is 1. The van der Waals surface area contributed by atoms with Crippen molar-refractivity contribution in [1.29, 1.82) is 0 Å². The first kappa shape index (κ1) is 22.6. The van der Waals surface area contributed by atoms with Crippen molar-refractivity contribution in [1.82, 2.24) is 4.98 Å². The number of anilines is 1. The van der Waals surface area contributed by atoms with Crippen molar-refractivity contribution in [3.8, 4) is 17.2 Å². The average molecular weight is 443 g/mol. The molecule has 0 aliphatic rings. The molecule has 5 nitrogen and oxygen atoms in total. The van der Waals surface area contributed by atoms with Crippen molar-refractivity contribution in [3.63, 3.8) is 0 Å². The number of aryl methyl sites for hydroxylation is 2. The first-order valence-corrected chi connectivity index (χ1v) is 11.4. The van der Waals surface area contributed by atoms with Crippen LogP contribution in [0, 0.1) is 20.8 Å². The number of aromatic nitrogens is 1. The SMILES string of the molecule is CCC(C)c1ccc(OCC(=O)Nc2cccc(-c3nc4cc(C)cc(C)c4o3)c2C)cc1. The van der Waals surface area contributed by atoms with Crippen molar-refractivity contribution < 1.29 is 13.9 Å². The van der Waals surface area contributed by atoms with Gasteiger partial charge in [-0.2, -0.15) is 0 Å². The van der Waals surface area contributed by atoms with Gasteiger partial charge in [0, 0.05) is 11.3 Å². The Bertz CT molecular complexity index is 1290. The second-order valence-electron chi connectivity index (χ2n) is 8.64. The van der Waals surface area contributed by atoms with Gasteiger partial charge in [0.05, 0.1) is 0 Å². The average Bonchev–Trinajstić information content (AvgIpc) is 3.23. The zero-order chi connectivity index (χ0) is 23.5. The Kier molecular flexibility index (Phi) is 6.50. The van der Waals surface area contributed by atoms with Crippen LogP contribution in [0.3, 0.4) is 0 Å². The van der Waals surface area contributed by atoms with Crippen LogP contribution in [-0.2, 0) is 4.79 Å². The summed E-state index contributed by atoms with van der Waals surface area (Å²) in [6, 6.07) is 17.7. The van der Waals surface area contributed by atoms with E-state index in [0.717, 1.165) is 39.8 Å². The van der Waals surface area contributed by atoms with Gasteiger partial charge in [-0.05, 0) is 85.7 Å². The molecule has 0 spiro atoms. The van der Waals surface area contributed by atoms with E-state index in [-0.39, 0.29) is 12.5 Å². The number of carbonyl (C=O) groups excluding carboxylic acids is 1. The van der Waals surface area contributed by atoms with Crippen LogP contribution in [0.2, 0.25) is 0 Å². The van der Waals surface area contributed by atoms with Crippen LogP contribution in [-0.4, -0.2) is 17.5 Å². The Morgan fingerprint density at radius 2 is 1.85 bits per heavy atom. The number of oxazole rings is 1. The van der Waals surface area contributed by atoms with Gasteiger partial charge in [0.1, 0.15) is 11.3 Å². The largest absolute Gasteiger partial charge is 0.484 e. The molecule has 0 saturated carbocycles. The lowest BCUT2D eigenvalue weighted by molar-refractivity contribution is -0.118. The molecule has 1 N–H and O–H groups in total. The minimum absolute atomic E-state index is 0.0618. The van der Waals surface area contributed by atoms with Gasteiger partial charge in [0.25, 0.3) is 5.91 Å². The zero-order valence-electron chi connectivity index (χ0n) is 19.9. The minimum atomic E-state index is -0.217. The summed E-state index contributed by atoms with van der Waals surface area (Å²) >= 11 is 0. The number of amides is 1. The first-order valence-electron chi connectivity index (χ1n) is 11.4. The van der Waals surface area contributed by atoms with Gasteiger partial charge in [-0.25, -0.2) is 4.98 Å². The van der Waals surface area contributed by atoms with E-state index in [2.05, 4.69) is 42.3 Å². The Morgan fingerprint density at radius 1 is 1.09 bits per heavy atom. The summed E-state index contributed by atoms with van der Waals surface area (Å²) in [6.45, 7) is 10.3. The number of rotatable bonds is 7. The zero-order valence-corrected chi connectivity index (χ0v) is 19.9. The highest BCUT2D eigenvalue weighted by atomic mass is 16.5. The van der Waals surface area contributed by atoms with Crippen LogP contribution in [0.1, 0.15) is 48.4 Å². The standard InChI is InChI=1S/C28H30N2O3/c1-6-18(3)21-10-12-22(13-11-21)32-16-26(31)29-24-9-7-8-23(20(24)5)28-30-25-15-17(2)14-19(4)27(25)33-28/h7-15,18H,6,16H2,1-5H3,(H,29,31). The third-order valence-corrected chi connectivity index (χ3v) is 6.09. The van der Waals surface area contributed by atoms with E-state index in [0.29, 0.717) is 23.2 Å². The highest BCUT2D eigenvalue weighted by Gasteiger charge is 2.15. The lowest BCUT2D eigenvalue weighted by Gasteiger charge is -2.12. The number of nitrogens with one attached hydrogen (secondary N) is 1. The molecular weight excluding hydrogens is 412 g/mol. The predicted octanol–water partition coefficient (Wildman–Crippen LogP) is 6.95. The fraction of sp³-hybridized carbons (Fsp3) is 0.286. The minimum Gasteiger partial charge on any atom is -0.484 e. The number of nitrogens with zero attached hydrogens (tertiary/aromatic N) is 1. The quantitative estimate of drug-likeness (QED) is 0.336. The molecule has 1 heterocycles.